The predicted molar refractivity (Wildman–Crippen MR) is 101 cm³/mol. The Morgan fingerprint density at radius 3 is 2.63 bits per heavy atom. The van der Waals surface area contributed by atoms with Crippen LogP contribution in [0.15, 0.2) is 53.7 Å². The molecule has 5 nitrogen and oxygen atoms in total. The molecule has 3 rings (SSSR count). The average molecular weight is 388 g/mol. The van der Waals surface area contributed by atoms with Crippen molar-refractivity contribution in [3.8, 4) is 11.4 Å². The summed E-state index contributed by atoms with van der Waals surface area (Å²) in [5.41, 5.74) is 0.743. The van der Waals surface area contributed by atoms with E-state index in [9.17, 15) is 13.6 Å². The Morgan fingerprint density at radius 1 is 1.19 bits per heavy atom. The lowest BCUT2D eigenvalue weighted by Crippen LogP contribution is -2.23. The quantitative estimate of drug-likeness (QED) is 0.638. The van der Waals surface area contributed by atoms with Crippen LogP contribution in [-0.2, 0) is 11.3 Å². The van der Waals surface area contributed by atoms with Crippen molar-refractivity contribution >= 4 is 23.4 Å². The summed E-state index contributed by atoms with van der Waals surface area (Å²) in [7, 11) is 0. The highest BCUT2D eigenvalue weighted by atomic mass is 32.2. The van der Waals surface area contributed by atoms with Gasteiger partial charge in [-0.25, -0.2) is 8.78 Å². The molecule has 0 aliphatic rings. The van der Waals surface area contributed by atoms with Gasteiger partial charge in [-0.05, 0) is 26.0 Å². The molecule has 1 N–H and O–H groups in total. The standard InChI is InChI=1S/C19H18F2N4OS/c1-3-25-17(13-7-5-4-6-8-13)23-24-19(25)27-12(2)18(26)22-16-11-14(20)9-10-15(16)21/h4-12H,3H2,1-2H3,(H,22,26). The number of nitrogens with zero attached hydrogens (tertiary/aromatic N) is 3. The number of thioether (sulfide) groups is 1. The van der Waals surface area contributed by atoms with Crippen molar-refractivity contribution in [3.63, 3.8) is 0 Å². The highest BCUT2D eigenvalue weighted by Crippen LogP contribution is 2.27. The van der Waals surface area contributed by atoms with Crippen molar-refractivity contribution in [2.75, 3.05) is 5.32 Å². The van der Waals surface area contributed by atoms with Gasteiger partial charge in [-0.1, -0.05) is 42.1 Å². The molecule has 1 aromatic heterocycles. The summed E-state index contributed by atoms with van der Waals surface area (Å²) >= 11 is 1.21. The molecule has 2 aromatic carbocycles. The average Bonchev–Trinajstić information content (AvgIpc) is 3.07. The highest BCUT2D eigenvalue weighted by Gasteiger charge is 2.21. The van der Waals surface area contributed by atoms with Crippen LogP contribution in [0.1, 0.15) is 13.8 Å². The lowest BCUT2D eigenvalue weighted by molar-refractivity contribution is -0.115. The summed E-state index contributed by atoms with van der Waals surface area (Å²) in [6.07, 6.45) is 0. The van der Waals surface area contributed by atoms with E-state index in [4.69, 9.17) is 0 Å². The molecule has 0 radical (unpaired) electrons. The molecule has 1 atom stereocenters. The van der Waals surface area contributed by atoms with Crippen LogP contribution in [0.4, 0.5) is 14.5 Å². The van der Waals surface area contributed by atoms with Crippen LogP contribution in [0.3, 0.4) is 0 Å². The van der Waals surface area contributed by atoms with E-state index in [0.717, 1.165) is 23.8 Å². The van der Waals surface area contributed by atoms with Gasteiger partial charge >= 0.3 is 0 Å². The number of halogens is 2. The second kappa shape index (κ2) is 8.30. The minimum absolute atomic E-state index is 0.186. The second-order valence-corrected chi connectivity index (χ2v) is 7.10. The van der Waals surface area contributed by atoms with Crippen LogP contribution >= 0.6 is 11.8 Å². The molecular formula is C19H18F2N4OS. The molecule has 1 amide bonds. The van der Waals surface area contributed by atoms with Gasteiger partial charge < -0.3 is 9.88 Å². The fourth-order valence-electron chi connectivity index (χ4n) is 2.50. The molecule has 0 saturated heterocycles. The fourth-order valence-corrected chi connectivity index (χ4v) is 3.41. The summed E-state index contributed by atoms with van der Waals surface area (Å²) < 4.78 is 28.9. The topological polar surface area (TPSA) is 59.8 Å². The van der Waals surface area contributed by atoms with Crippen LogP contribution in [-0.4, -0.2) is 25.9 Å². The first-order valence-electron chi connectivity index (χ1n) is 8.40. The van der Waals surface area contributed by atoms with Crippen LogP contribution in [0, 0.1) is 11.6 Å². The Kier molecular flexibility index (Phi) is 5.85. The van der Waals surface area contributed by atoms with Crippen molar-refractivity contribution < 1.29 is 13.6 Å². The number of rotatable bonds is 6. The normalized spacial score (nSPS) is 12.0. The molecule has 27 heavy (non-hydrogen) atoms. The van der Waals surface area contributed by atoms with Gasteiger partial charge in [-0.15, -0.1) is 10.2 Å². The van der Waals surface area contributed by atoms with Gasteiger partial charge in [-0.2, -0.15) is 0 Å². The predicted octanol–water partition coefficient (Wildman–Crippen LogP) is 4.36. The zero-order chi connectivity index (χ0) is 19.4. The van der Waals surface area contributed by atoms with Crippen molar-refractivity contribution in [3.05, 3.63) is 60.2 Å². The van der Waals surface area contributed by atoms with E-state index in [1.807, 2.05) is 41.8 Å². The molecule has 140 valence electrons. The first-order valence-corrected chi connectivity index (χ1v) is 9.28. The Balaban J connectivity index is 1.76. The number of benzene rings is 2. The van der Waals surface area contributed by atoms with Gasteiger partial charge in [-0.3, -0.25) is 4.79 Å². The number of hydrogen-bond donors (Lipinski definition) is 1. The lowest BCUT2D eigenvalue weighted by Gasteiger charge is -2.13. The fraction of sp³-hybridized carbons (Fsp3) is 0.211. The molecule has 0 aliphatic carbocycles. The smallest absolute Gasteiger partial charge is 0.237 e. The van der Waals surface area contributed by atoms with Gasteiger partial charge in [0.15, 0.2) is 11.0 Å². The minimum atomic E-state index is -0.690. The van der Waals surface area contributed by atoms with Crippen molar-refractivity contribution in [2.45, 2.75) is 30.8 Å². The summed E-state index contributed by atoms with van der Waals surface area (Å²) in [6, 6.07) is 12.6. The maximum atomic E-state index is 13.7. The number of carbonyl (C=O) groups excluding carboxylic acids is 1. The van der Waals surface area contributed by atoms with Crippen LogP contribution < -0.4 is 5.32 Å². The molecule has 3 aromatic rings. The van der Waals surface area contributed by atoms with Crippen LogP contribution in [0.25, 0.3) is 11.4 Å². The van der Waals surface area contributed by atoms with E-state index < -0.39 is 22.8 Å². The number of carbonyl (C=O) groups is 1. The van der Waals surface area contributed by atoms with Gasteiger partial charge in [0.1, 0.15) is 11.6 Å². The van der Waals surface area contributed by atoms with E-state index in [1.54, 1.807) is 6.92 Å². The molecule has 0 bridgehead atoms. The first kappa shape index (κ1) is 19.0. The van der Waals surface area contributed by atoms with Crippen LogP contribution in [0.5, 0.6) is 0 Å². The lowest BCUT2D eigenvalue weighted by atomic mass is 10.2. The van der Waals surface area contributed by atoms with Crippen molar-refractivity contribution in [1.29, 1.82) is 0 Å². The van der Waals surface area contributed by atoms with E-state index in [-0.39, 0.29) is 5.69 Å². The number of nitrogens with one attached hydrogen (secondary N) is 1. The Bertz CT molecular complexity index is 946. The van der Waals surface area contributed by atoms with Crippen molar-refractivity contribution in [1.82, 2.24) is 14.8 Å². The molecule has 1 unspecified atom stereocenters. The SMILES string of the molecule is CCn1c(SC(C)C(=O)Nc2cc(F)ccc2F)nnc1-c1ccccc1. The summed E-state index contributed by atoms with van der Waals surface area (Å²) in [5.74, 6) is -1.05. The Labute approximate surface area is 159 Å². The number of aromatic nitrogens is 3. The molecule has 8 heteroatoms. The monoisotopic (exact) mass is 388 g/mol. The molecule has 0 aliphatic heterocycles. The van der Waals surface area contributed by atoms with Crippen LogP contribution in [0.2, 0.25) is 0 Å². The number of amides is 1. The molecular weight excluding hydrogens is 370 g/mol. The maximum absolute atomic E-state index is 13.7. The highest BCUT2D eigenvalue weighted by molar-refractivity contribution is 8.00. The molecule has 1 heterocycles. The number of hydrogen-bond acceptors (Lipinski definition) is 4. The molecule has 0 fully saturated rings. The maximum Gasteiger partial charge on any atom is 0.237 e. The summed E-state index contributed by atoms with van der Waals surface area (Å²) in [4.78, 5) is 12.4. The second-order valence-electron chi connectivity index (χ2n) is 5.79. The summed E-state index contributed by atoms with van der Waals surface area (Å²) in [5, 5.41) is 10.8. The van der Waals surface area contributed by atoms with Gasteiger partial charge in [0.05, 0.1) is 10.9 Å². The zero-order valence-electron chi connectivity index (χ0n) is 14.8. The minimum Gasteiger partial charge on any atom is -0.323 e. The van der Waals surface area contributed by atoms with Gasteiger partial charge in [0, 0.05) is 18.2 Å². The van der Waals surface area contributed by atoms with E-state index in [2.05, 4.69) is 15.5 Å². The Morgan fingerprint density at radius 2 is 1.93 bits per heavy atom. The first-order chi connectivity index (χ1) is 13.0. The molecule has 0 spiro atoms. The molecule has 0 saturated carbocycles. The van der Waals surface area contributed by atoms with E-state index in [1.165, 1.54) is 11.8 Å². The third kappa shape index (κ3) is 4.33. The van der Waals surface area contributed by atoms with E-state index in [0.29, 0.717) is 17.5 Å². The third-order valence-corrected chi connectivity index (χ3v) is 4.98. The van der Waals surface area contributed by atoms with Gasteiger partial charge in [0.25, 0.3) is 0 Å². The van der Waals surface area contributed by atoms with E-state index >= 15 is 0 Å². The Hall–Kier alpha value is -2.74. The largest absolute Gasteiger partial charge is 0.323 e. The third-order valence-electron chi connectivity index (χ3n) is 3.90. The van der Waals surface area contributed by atoms with Crippen molar-refractivity contribution in [2.24, 2.45) is 0 Å². The number of anilines is 1. The summed E-state index contributed by atoms with van der Waals surface area (Å²) in [6.45, 7) is 4.27. The zero-order valence-corrected chi connectivity index (χ0v) is 15.6. The van der Waals surface area contributed by atoms with Gasteiger partial charge in [0.2, 0.25) is 5.91 Å².